The average molecular weight is 285 g/mol. The van der Waals surface area contributed by atoms with E-state index >= 15 is 0 Å². The molecule has 3 N–H and O–H groups in total. The van der Waals surface area contributed by atoms with Gasteiger partial charge in [0.15, 0.2) is 0 Å². The fourth-order valence-corrected chi connectivity index (χ4v) is 2.37. The van der Waals surface area contributed by atoms with Gasteiger partial charge in [-0.25, -0.2) is 4.79 Å². The third-order valence-electron chi connectivity index (χ3n) is 3.57. The molecule has 1 rings (SSSR count). The van der Waals surface area contributed by atoms with Crippen LogP contribution in [0.15, 0.2) is 0 Å². The fraction of sp³-hybridized carbons (Fsp3) is 0.857. The molecule has 1 saturated heterocycles. The lowest BCUT2D eigenvalue weighted by Crippen LogP contribution is -2.51. The lowest BCUT2D eigenvalue weighted by atomic mass is 10.00. The van der Waals surface area contributed by atoms with E-state index in [4.69, 9.17) is 4.74 Å². The van der Waals surface area contributed by atoms with Crippen molar-refractivity contribution in [2.24, 2.45) is 0 Å². The molecule has 0 saturated carbocycles. The van der Waals surface area contributed by atoms with Crippen molar-refractivity contribution in [3.8, 4) is 0 Å². The van der Waals surface area contributed by atoms with Gasteiger partial charge in [-0.15, -0.1) is 0 Å². The number of carbonyl (C=O) groups excluding carboxylic acids is 2. The predicted octanol–water partition coefficient (Wildman–Crippen LogP) is 1.16. The molecule has 1 aliphatic rings. The molecule has 0 aromatic carbocycles. The number of methoxy groups -OCH3 is 1. The highest BCUT2D eigenvalue weighted by Crippen LogP contribution is 2.15. The molecule has 0 aliphatic carbocycles. The van der Waals surface area contributed by atoms with E-state index in [1.54, 1.807) is 7.11 Å². The molecule has 6 nitrogen and oxygen atoms in total. The van der Waals surface area contributed by atoms with E-state index in [0.717, 1.165) is 12.8 Å². The van der Waals surface area contributed by atoms with Crippen molar-refractivity contribution in [1.82, 2.24) is 16.0 Å². The first-order valence-electron chi connectivity index (χ1n) is 7.24. The summed E-state index contributed by atoms with van der Waals surface area (Å²) in [7, 11) is 1.66. The first-order valence-corrected chi connectivity index (χ1v) is 7.24. The second-order valence-corrected chi connectivity index (χ2v) is 6.03. The van der Waals surface area contributed by atoms with Crippen LogP contribution in [-0.4, -0.2) is 43.3 Å². The zero-order valence-corrected chi connectivity index (χ0v) is 12.9. The molecule has 3 amide bonds. The van der Waals surface area contributed by atoms with E-state index in [-0.39, 0.29) is 23.6 Å². The van der Waals surface area contributed by atoms with E-state index in [9.17, 15) is 9.59 Å². The smallest absolute Gasteiger partial charge is 0.315 e. The number of hydrogen-bond donors (Lipinski definition) is 3. The van der Waals surface area contributed by atoms with E-state index < -0.39 is 6.04 Å². The maximum Gasteiger partial charge on any atom is 0.315 e. The normalized spacial score (nSPS) is 21.6. The van der Waals surface area contributed by atoms with Crippen LogP contribution in [0.25, 0.3) is 0 Å². The Morgan fingerprint density at radius 1 is 1.50 bits per heavy atom. The summed E-state index contributed by atoms with van der Waals surface area (Å²) in [6, 6.07) is -0.759. The Bertz CT molecular complexity index is 345. The molecule has 0 aromatic heterocycles. The van der Waals surface area contributed by atoms with E-state index in [0.29, 0.717) is 19.4 Å². The van der Waals surface area contributed by atoms with Gasteiger partial charge in [0.05, 0.1) is 5.60 Å². The highest BCUT2D eigenvalue weighted by Gasteiger charge is 2.24. The average Bonchev–Trinajstić information content (AvgIpc) is 2.54. The second-order valence-electron chi connectivity index (χ2n) is 6.03. The zero-order valence-electron chi connectivity index (χ0n) is 12.9. The van der Waals surface area contributed by atoms with Crippen LogP contribution in [0.1, 0.15) is 46.5 Å². The summed E-state index contributed by atoms with van der Waals surface area (Å²) in [6.45, 7) is 6.56. The number of nitrogens with one attached hydrogen (secondary N) is 3. The van der Waals surface area contributed by atoms with Crippen LogP contribution in [0.2, 0.25) is 0 Å². The van der Waals surface area contributed by atoms with Crippen LogP contribution in [0.5, 0.6) is 0 Å². The third-order valence-corrected chi connectivity index (χ3v) is 3.57. The summed E-state index contributed by atoms with van der Waals surface area (Å²) in [5.74, 6) is -0.0949. The molecular weight excluding hydrogens is 258 g/mol. The monoisotopic (exact) mass is 285 g/mol. The first kappa shape index (κ1) is 16.8. The molecule has 2 atom stereocenters. The summed E-state index contributed by atoms with van der Waals surface area (Å²) in [6.07, 6.45) is 3.30. The van der Waals surface area contributed by atoms with Gasteiger partial charge in [-0.2, -0.15) is 0 Å². The first-order chi connectivity index (χ1) is 9.34. The molecular formula is C14H27N3O3. The molecule has 0 aromatic rings. The molecule has 20 heavy (non-hydrogen) atoms. The van der Waals surface area contributed by atoms with E-state index in [1.165, 1.54) is 0 Å². The predicted molar refractivity (Wildman–Crippen MR) is 77.5 cm³/mol. The number of carbonyl (C=O) groups is 2. The molecule has 0 bridgehead atoms. The number of amides is 3. The molecule has 0 unspecified atom stereocenters. The Balaban J connectivity index is 2.40. The minimum atomic E-state index is -0.430. The van der Waals surface area contributed by atoms with Crippen molar-refractivity contribution < 1.29 is 14.3 Å². The van der Waals surface area contributed by atoms with Crippen LogP contribution in [0, 0.1) is 0 Å². The Kier molecular flexibility index (Phi) is 6.26. The van der Waals surface area contributed by atoms with E-state index in [1.807, 2.05) is 20.8 Å². The summed E-state index contributed by atoms with van der Waals surface area (Å²) in [5.41, 5.74) is -0.285. The third kappa shape index (κ3) is 5.77. The van der Waals surface area contributed by atoms with Crippen LogP contribution < -0.4 is 16.0 Å². The molecule has 0 radical (unpaired) electrons. The quantitative estimate of drug-likeness (QED) is 0.709. The molecule has 0 spiro atoms. The fourth-order valence-electron chi connectivity index (χ4n) is 2.37. The van der Waals surface area contributed by atoms with Gasteiger partial charge in [-0.05, 0) is 46.5 Å². The van der Waals surface area contributed by atoms with Gasteiger partial charge < -0.3 is 20.7 Å². The van der Waals surface area contributed by atoms with Crippen LogP contribution >= 0.6 is 0 Å². The lowest BCUT2D eigenvalue weighted by Gasteiger charge is -2.27. The minimum Gasteiger partial charge on any atom is -0.379 e. The maximum atomic E-state index is 11.9. The summed E-state index contributed by atoms with van der Waals surface area (Å²) in [4.78, 5) is 23.6. The SMILES string of the molecule is COC(C)(C)C[C@@H](C)NC(=O)N[C@H]1CCCCNC1=O. The van der Waals surface area contributed by atoms with Gasteiger partial charge in [-0.1, -0.05) is 0 Å². The van der Waals surface area contributed by atoms with Crippen LogP contribution in [0.3, 0.4) is 0 Å². The molecule has 116 valence electrons. The molecule has 6 heteroatoms. The number of rotatable bonds is 5. The van der Waals surface area contributed by atoms with Gasteiger partial charge in [0.25, 0.3) is 0 Å². The Morgan fingerprint density at radius 3 is 2.85 bits per heavy atom. The summed E-state index contributed by atoms with van der Waals surface area (Å²) in [5, 5.41) is 8.39. The highest BCUT2D eigenvalue weighted by atomic mass is 16.5. The topological polar surface area (TPSA) is 79.5 Å². The molecule has 1 heterocycles. The largest absolute Gasteiger partial charge is 0.379 e. The number of ether oxygens (including phenoxy) is 1. The Morgan fingerprint density at radius 2 is 2.20 bits per heavy atom. The summed E-state index contributed by atoms with van der Waals surface area (Å²) >= 11 is 0. The Labute approximate surface area is 121 Å². The van der Waals surface area contributed by atoms with Crippen molar-refractivity contribution in [3.05, 3.63) is 0 Å². The zero-order chi connectivity index (χ0) is 15.2. The number of hydrogen-bond acceptors (Lipinski definition) is 3. The van der Waals surface area contributed by atoms with Crippen molar-refractivity contribution in [3.63, 3.8) is 0 Å². The van der Waals surface area contributed by atoms with Gasteiger partial charge in [0.1, 0.15) is 6.04 Å². The minimum absolute atomic E-state index is 0.0289. The Hall–Kier alpha value is -1.30. The van der Waals surface area contributed by atoms with Gasteiger partial charge in [0, 0.05) is 19.7 Å². The van der Waals surface area contributed by atoms with Crippen LogP contribution in [0.4, 0.5) is 4.79 Å². The lowest BCUT2D eigenvalue weighted by molar-refractivity contribution is -0.122. The van der Waals surface area contributed by atoms with E-state index in [2.05, 4.69) is 16.0 Å². The van der Waals surface area contributed by atoms with Crippen molar-refractivity contribution >= 4 is 11.9 Å². The number of urea groups is 1. The maximum absolute atomic E-state index is 11.9. The van der Waals surface area contributed by atoms with Crippen molar-refractivity contribution in [1.29, 1.82) is 0 Å². The highest BCUT2D eigenvalue weighted by molar-refractivity contribution is 5.87. The van der Waals surface area contributed by atoms with Gasteiger partial charge >= 0.3 is 6.03 Å². The van der Waals surface area contributed by atoms with Gasteiger partial charge in [0.2, 0.25) is 5.91 Å². The summed E-state index contributed by atoms with van der Waals surface area (Å²) < 4.78 is 5.34. The molecule has 1 aliphatic heterocycles. The van der Waals surface area contributed by atoms with Crippen molar-refractivity contribution in [2.45, 2.75) is 64.1 Å². The van der Waals surface area contributed by atoms with Crippen LogP contribution in [-0.2, 0) is 9.53 Å². The standard InChI is InChI=1S/C14H27N3O3/c1-10(9-14(2,3)20-4)16-13(19)17-11-7-5-6-8-15-12(11)18/h10-11H,5-9H2,1-4H3,(H,15,18)(H2,16,17,19)/t10-,11+/m1/s1. The second kappa shape index (κ2) is 7.47. The van der Waals surface area contributed by atoms with Crippen molar-refractivity contribution in [2.75, 3.05) is 13.7 Å². The van der Waals surface area contributed by atoms with Gasteiger partial charge in [-0.3, -0.25) is 4.79 Å². The molecule has 1 fully saturated rings.